The number of benzene rings is 1. The van der Waals surface area contributed by atoms with Crippen LogP contribution in [-0.2, 0) is 17.8 Å². The van der Waals surface area contributed by atoms with Crippen LogP contribution in [0.25, 0.3) is 0 Å². The summed E-state index contributed by atoms with van der Waals surface area (Å²) in [6, 6.07) is 6.40. The van der Waals surface area contributed by atoms with E-state index in [1.165, 1.54) is 16.8 Å². The zero-order valence-corrected chi connectivity index (χ0v) is 10.2. The number of carbonyl (C=O) groups is 1. The second-order valence-corrected chi connectivity index (χ2v) is 4.23. The van der Waals surface area contributed by atoms with Gasteiger partial charge in [0.05, 0.1) is 0 Å². The topological polar surface area (TPSA) is 53.2 Å². The van der Waals surface area contributed by atoms with Crippen LogP contribution in [-0.4, -0.2) is 26.0 Å². The van der Waals surface area contributed by atoms with E-state index in [1.54, 1.807) is 7.05 Å². The molecule has 2 rings (SSSR count). The Morgan fingerprint density at radius 2 is 2.35 bits per heavy atom. The Kier molecular flexibility index (Phi) is 3.98. The van der Waals surface area contributed by atoms with Crippen LogP contribution in [0, 0.1) is 0 Å². The van der Waals surface area contributed by atoms with Crippen LogP contribution < -0.4 is 16.0 Å². The number of anilines is 1. The Bertz CT molecular complexity index is 404. The number of hydrogen-bond donors (Lipinski definition) is 3. The van der Waals surface area contributed by atoms with Crippen molar-refractivity contribution in [2.75, 3.05) is 25.5 Å². The van der Waals surface area contributed by atoms with Crippen LogP contribution in [0.5, 0.6) is 0 Å². The molecule has 4 heteroatoms. The van der Waals surface area contributed by atoms with Crippen molar-refractivity contribution in [2.24, 2.45) is 0 Å². The highest BCUT2D eigenvalue weighted by Gasteiger charge is 2.12. The molecule has 0 fully saturated rings. The van der Waals surface area contributed by atoms with Crippen LogP contribution in [0.4, 0.5) is 5.69 Å². The predicted octanol–water partition coefficient (Wildman–Crippen LogP) is 0.880. The molecule has 0 radical (unpaired) electrons. The molecule has 1 aliphatic rings. The lowest BCUT2D eigenvalue weighted by Gasteiger charge is -2.09. The van der Waals surface area contributed by atoms with Gasteiger partial charge in [0, 0.05) is 38.8 Å². The van der Waals surface area contributed by atoms with Crippen LogP contribution in [0.2, 0.25) is 0 Å². The van der Waals surface area contributed by atoms with E-state index in [1.807, 2.05) is 0 Å². The fraction of sp³-hybridized carbons (Fsp3) is 0.462. The molecule has 0 spiro atoms. The number of nitrogens with one attached hydrogen (secondary N) is 3. The summed E-state index contributed by atoms with van der Waals surface area (Å²) in [4.78, 5) is 11.0. The average Bonchev–Trinajstić information content (AvgIpc) is 2.83. The second kappa shape index (κ2) is 5.68. The monoisotopic (exact) mass is 233 g/mol. The third-order valence-corrected chi connectivity index (χ3v) is 3.06. The van der Waals surface area contributed by atoms with Crippen LogP contribution >= 0.6 is 0 Å². The van der Waals surface area contributed by atoms with Gasteiger partial charge in [0.15, 0.2) is 0 Å². The summed E-state index contributed by atoms with van der Waals surface area (Å²) in [5.74, 6) is 0.0777. The molecule has 1 aromatic carbocycles. The molecular weight excluding hydrogens is 214 g/mol. The zero-order chi connectivity index (χ0) is 12.1. The van der Waals surface area contributed by atoms with Gasteiger partial charge >= 0.3 is 0 Å². The summed E-state index contributed by atoms with van der Waals surface area (Å²) in [5.41, 5.74) is 3.97. The first kappa shape index (κ1) is 11.9. The van der Waals surface area contributed by atoms with Gasteiger partial charge in [-0.25, -0.2) is 0 Å². The smallest absolute Gasteiger partial charge is 0.221 e. The first-order valence-electron chi connectivity index (χ1n) is 6.07. The lowest BCUT2D eigenvalue weighted by atomic mass is 10.1. The van der Waals surface area contributed by atoms with Crippen LogP contribution in [0.15, 0.2) is 18.2 Å². The maximum Gasteiger partial charge on any atom is 0.221 e. The molecule has 17 heavy (non-hydrogen) atoms. The van der Waals surface area contributed by atoms with Gasteiger partial charge in [-0.2, -0.15) is 0 Å². The van der Waals surface area contributed by atoms with E-state index in [0.717, 1.165) is 19.5 Å². The van der Waals surface area contributed by atoms with Crippen molar-refractivity contribution in [1.29, 1.82) is 0 Å². The zero-order valence-electron chi connectivity index (χ0n) is 10.2. The maximum atomic E-state index is 11.0. The molecule has 0 atom stereocenters. The Hall–Kier alpha value is -1.55. The molecule has 1 aliphatic heterocycles. The molecule has 0 unspecified atom stereocenters. The van der Waals surface area contributed by atoms with Gasteiger partial charge in [-0.05, 0) is 17.5 Å². The number of hydrogen-bond acceptors (Lipinski definition) is 3. The first-order valence-corrected chi connectivity index (χ1v) is 6.07. The molecule has 0 saturated carbocycles. The van der Waals surface area contributed by atoms with Crippen molar-refractivity contribution in [3.63, 3.8) is 0 Å². The van der Waals surface area contributed by atoms with Crippen LogP contribution in [0.3, 0.4) is 0 Å². The van der Waals surface area contributed by atoms with Crippen molar-refractivity contribution in [3.05, 3.63) is 29.3 Å². The Morgan fingerprint density at radius 1 is 1.47 bits per heavy atom. The van der Waals surface area contributed by atoms with Crippen molar-refractivity contribution in [3.8, 4) is 0 Å². The van der Waals surface area contributed by atoms with E-state index in [9.17, 15) is 4.79 Å². The number of para-hydroxylation sites is 1. The van der Waals surface area contributed by atoms with E-state index in [4.69, 9.17) is 0 Å². The molecule has 92 valence electrons. The fourth-order valence-corrected chi connectivity index (χ4v) is 2.11. The molecule has 1 amide bonds. The van der Waals surface area contributed by atoms with Crippen LogP contribution in [0.1, 0.15) is 17.5 Å². The highest BCUT2D eigenvalue weighted by Crippen LogP contribution is 2.25. The minimum absolute atomic E-state index is 0.0777. The predicted molar refractivity (Wildman–Crippen MR) is 69.0 cm³/mol. The highest BCUT2D eigenvalue weighted by molar-refractivity contribution is 5.75. The molecule has 1 aromatic rings. The standard InChI is InChI=1S/C13H19N3O/c1-14-12(17)6-7-15-9-11-4-2-3-10-5-8-16-13(10)11/h2-4,15-16H,5-9H2,1H3,(H,14,17). The molecule has 0 bridgehead atoms. The second-order valence-electron chi connectivity index (χ2n) is 4.23. The van der Waals surface area contributed by atoms with E-state index in [2.05, 4.69) is 34.1 Å². The van der Waals surface area contributed by atoms with E-state index >= 15 is 0 Å². The Balaban J connectivity index is 1.83. The van der Waals surface area contributed by atoms with Gasteiger partial charge in [-0.1, -0.05) is 18.2 Å². The molecule has 1 heterocycles. The van der Waals surface area contributed by atoms with Gasteiger partial charge < -0.3 is 16.0 Å². The highest BCUT2D eigenvalue weighted by atomic mass is 16.1. The van der Waals surface area contributed by atoms with Gasteiger partial charge in [-0.3, -0.25) is 4.79 Å². The molecule has 4 nitrogen and oxygen atoms in total. The average molecular weight is 233 g/mol. The van der Waals surface area contributed by atoms with Gasteiger partial charge in [0.1, 0.15) is 0 Å². The lowest BCUT2D eigenvalue weighted by molar-refractivity contribution is -0.120. The summed E-state index contributed by atoms with van der Waals surface area (Å²) in [7, 11) is 1.66. The minimum atomic E-state index is 0.0777. The quantitative estimate of drug-likeness (QED) is 0.662. The van der Waals surface area contributed by atoms with Crippen molar-refractivity contribution < 1.29 is 4.79 Å². The first-order chi connectivity index (χ1) is 8.31. The number of fused-ring (bicyclic) bond motifs is 1. The molecule has 0 aliphatic carbocycles. The molecular formula is C13H19N3O. The summed E-state index contributed by atoms with van der Waals surface area (Å²) in [6.07, 6.45) is 1.64. The van der Waals surface area contributed by atoms with Crippen molar-refractivity contribution >= 4 is 11.6 Å². The SMILES string of the molecule is CNC(=O)CCNCc1cccc2c1NCC2. The summed E-state index contributed by atoms with van der Waals surface area (Å²) in [5, 5.41) is 9.32. The Labute approximate surface area is 102 Å². The summed E-state index contributed by atoms with van der Waals surface area (Å²) in [6.45, 7) is 2.56. The third kappa shape index (κ3) is 2.97. The van der Waals surface area contributed by atoms with E-state index in [-0.39, 0.29) is 5.91 Å². The number of rotatable bonds is 5. The number of carbonyl (C=O) groups excluding carboxylic acids is 1. The van der Waals surface area contributed by atoms with Gasteiger partial charge in [-0.15, -0.1) is 0 Å². The lowest BCUT2D eigenvalue weighted by Crippen LogP contribution is -2.24. The summed E-state index contributed by atoms with van der Waals surface area (Å²) >= 11 is 0. The van der Waals surface area contributed by atoms with Gasteiger partial charge in [0.2, 0.25) is 5.91 Å². The van der Waals surface area contributed by atoms with Crippen molar-refractivity contribution in [2.45, 2.75) is 19.4 Å². The van der Waals surface area contributed by atoms with E-state index in [0.29, 0.717) is 13.0 Å². The normalized spacial score (nSPS) is 13.0. The van der Waals surface area contributed by atoms with E-state index < -0.39 is 0 Å². The molecule has 0 saturated heterocycles. The van der Waals surface area contributed by atoms with Gasteiger partial charge in [0.25, 0.3) is 0 Å². The third-order valence-electron chi connectivity index (χ3n) is 3.06. The fourth-order valence-electron chi connectivity index (χ4n) is 2.11. The maximum absolute atomic E-state index is 11.0. The van der Waals surface area contributed by atoms with Crippen molar-refractivity contribution in [1.82, 2.24) is 10.6 Å². The Morgan fingerprint density at radius 3 is 3.18 bits per heavy atom. The largest absolute Gasteiger partial charge is 0.384 e. The summed E-state index contributed by atoms with van der Waals surface area (Å²) < 4.78 is 0. The molecule has 3 N–H and O–H groups in total. The minimum Gasteiger partial charge on any atom is -0.384 e. The molecule has 0 aromatic heterocycles. The number of amides is 1.